The topological polar surface area (TPSA) is 46.3 Å². The minimum Gasteiger partial charge on any atom is -0.336 e. The number of piperidine rings is 1. The second-order valence-corrected chi connectivity index (χ2v) is 7.26. The molecule has 1 aromatic rings. The lowest BCUT2D eigenvalue weighted by molar-refractivity contribution is 0.0713. The number of rotatable bonds is 1. The fourth-order valence-electron chi connectivity index (χ4n) is 3.30. The molecular formula is C16H24N2OS. The number of aryl methyl sites for hydroxylation is 2. The third-order valence-electron chi connectivity index (χ3n) is 4.45. The molecule has 1 fully saturated rings. The molecule has 2 N–H and O–H groups in total. The Bertz CT molecular complexity index is 457. The molecule has 1 atom stereocenters. The molecular weight excluding hydrogens is 268 g/mol. The van der Waals surface area contributed by atoms with Gasteiger partial charge in [-0.15, -0.1) is 11.3 Å². The van der Waals surface area contributed by atoms with Gasteiger partial charge in [-0.3, -0.25) is 4.79 Å². The lowest BCUT2D eigenvalue weighted by Gasteiger charge is -2.30. The molecule has 1 aliphatic carbocycles. The quantitative estimate of drug-likeness (QED) is 0.865. The number of fused-ring (bicyclic) bond motifs is 1. The number of hydrogen-bond acceptors (Lipinski definition) is 3. The molecule has 1 amide bonds. The van der Waals surface area contributed by atoms with Crippen LogP contribution in [-0.2, 0) is 12.8 Å². The Morgan fingerprint density at radius 3 is 2.80 bits per heavy atom. The van der Waals surface area contributed by atoms with Gasteiger partial charge >= 0.3 is 0 Å². The minimum atomic E-state index is 0.161. The molecule has 1 unspecified atom stereocenters. The summed E-state index contributed by atoms with van der Waals surface area (Å²) in [6.45, 7) is 1.59. The van der Waals surface area contributed by atoms with Crippen LogP contribution in [0, 0.1) is 0 Å². The van der Waals surface area contributed by atoms with E-state index in [1.165, 1.54) is 36.1 Å². The van der Waals surface area contributed by atoms with Crippen LogP contribution in [-0.4, -0.2) is 29.9 Å². The number of hydrogen-bond donors (Lipinski definition) is 1. The summed E-state index contributed by atoms with van der Waals surface area (Å²) in [6, 6.07) is 2.32. The van der Waals surface area contributed by atoms with Crippen molar-refractivity contribution in [2.24, 2.45) is 5.73 Å². The Hall–Kier alpha value is -0.870. The predicted octanol–water partition coefficient (Wildman–Crippen LogP) is 2.97. The molecule has 4 heteroatoms. The molecule has 20 heavy (non-hydrogen) atoms. The predicted molar refractivity (Wildman–Crippen MR) is 83.3 cm³/mol. The first-order chi connectivity index (χ1) is 9.74. The van der Waals surface area contributed by atoms with Gasteiger partial charge in [0.05, 0.1) is 4.88 Å². The number of carbonyl (C=O) groups excluding carboxylic acids is 1. The molecule has 0 radical (unpaired) electrons. The smallest absolute Gasteiger partial charge is 0.263 e. The first kappa shape index (κ1) is 14.1. The lowest BCUT2D eigenvalue weighted by atomic mass is 9.99. The second-order valence-electron chi connectivity index (χ2n) is 6.13. The van der Waals surface area contributed by atoms with Crippen molar-refractivity contribution < 1.29 is 4.79 Å². The minimum absolute atomic E-state index is 0.161. The van der Waals surface area contributed by atoms with E-state index in [-0.39, 0.29) is 11.9 Å². The zero-order valence-electron chi connectivity index (χ0n) is 12.1. The van der Waals surface area contributed by atoms with Crippen molar-refractivity contribution in [1.82, 2.24) is 4.90 Å². The van der Waals surface area contributed by atoms with Crippen molar-refractivity contribution in [2.45, 2.75) is 57.4 Å². The highest BCUT2D eigenvalue weighted by Crippen LogP contribution is 2.29. The SMILES string of the molecule is NC1CCCN(C(=O)c2cc3c(s2)CCCCCC3)C1. The second kappa shape index (κ2) is 6.27. The van der Waals surface area contributed by atoms with E-state index < -0.39 is 0 Å². The standard InChI is InChI=1S/C16H24N2OS/c17-13-7-5-9-18(11-13)16(19)15-10-12-6-3-1-2-4-8-14(12)20-15/h10,13H,1-9,11,17H2. The average Bonchev–Trinajstić information content (AvgIpc) is 2.80. The molecule has 2 aliphatic rings. The van der Waals surface area contributed by atoms with Gasteiger partial charge in [0.1, 0.15) is 0 Å². The molecule has 3 rings (SSSR count). The van der Waals surface area contributed by atoms with Crippen LogP contribution in [0.1, 0.15) is 58.6 Å². The maximum absolute atomic E-state index is 12.6. The van der Waals surface area contributed by atoms with Gasteiger partial charge in [0.15, 0.2) is 0 Å². The highest BCUT2D eigenvalue weighted by Gasteiger charge is 2.24. The van der Waals surface area contributed by atoms with Gasteiger partial charge in [-0.05, 0) is 50.2 Å². The van der Waals surface area contributed by atoms with Crippen LogP contribution in [0.25, 0.3) is 0 Å². The molecule has 110 valence electrons. The largest absolute Gasteiger partial charge is 0.336 e. The summed E-state index contributed by atoms with van der Waals surface area (Å²) in [7, 11) is 0. The third-order valence-corrected chi connectivity index (χ3v) is 5.68. The summed E-state index contributed by atoms with van der Waals surface area (Å²) in [4.78, 5) is 17.0. The van der Waals surface area contributed by atoms with Crippen LogP contribution in [0.5, 0.6) is 0 Å². The number of thiophene rings is 1. The van der Waals surface area contributed by atoms with Gasteiger partial charge < -0.3 is 10.6 Å². The number of likely N-dealkylation sites (tertiary alicyclic amines) is 1. The number of carbonyl (C=O) groups is 1. The lowest BCUT2D eigenvalue weighted by Crippen LogP contribution is -2.45. The first-order valence-corrected chi connectivity index (χ1v) is 8.72. The molecule has 3 nitrogen and oxygen atoms in total. The van der Waals surface area contributed by atoms with Crippen LogP contribution in [0.4, 0.5) is 0 Å². The van der Waals surface area contributed by atoms with Gasteiger partial charge in [0.25, 0.3) is 5.91 Å². The van der Waals surface area contributed by atoms with Crippen molar-refractivity contribution in [3.63, 3.8) is 0 Å². The molecule has 1 saturated heterocycles. The van der Waals surface area contributed by atoms with E-state index in [1.54, 1.807) is 11.3 Å². The maximum atomic E-state index is 12.6. The molecule has 0 aromatic carbocycles. The van der Waals surface area contributed by atoms with E-state index in [1.807, 2.05) is 4.90 Å². The van der Waals surface area contributed by atoms with Crippen molar-refractivity contribution in [2.75, 3.05) is 13.1 Å². The number of nitrogens with two attached hydrogens (primary N) is 1. The summed E-state index contributed by atoms with van der Waals surface area (Å²) < 4.78 is 0. The molecule has 0 spiro atoms. The molecule has 1 aliphatic heterocycles. The fourth-order valence-corrected chi connectivity index (χ4v) is 4.52. The van der Waals surface area contributed by atoms with E-state index in [0.717, 1.165) is 43.6 Å². The van der Waals surface area contributed by atoms with E-state index in [9.17, 15) is 4.79 Å². The van der Waals surface area contributed by atoms with Gasteiger partial charge in [0, 0.05) is 24.0 Å². The monoisotopic (exact) mass is 292 g/mol. The Morgan fingerprint density at radius 1 is 1.20 bits per heavy atom. The maximum Gasteiger partial charge on any atom is 0.263 e. The van der Waals surface area contributed by atoms with Crippen LogP contribution < -0.4 is 5.73 Å². The highest BCUT2D eigenvalue weighted by atomic mass is 32.1. The summed E-state index contributed by atoms with van der Waals surface area (Å²) in [5.74, 6) is 0.205. The van der Waals surface area contributed by atoms with E-state index >= 15 is 0 Å². The van der Waals surface area contributed by atoms with E-state index in [4.69, 9.17) is 5.73 Å². The summed E-state index contributed by atoms with van der Waals surface area (Å²) >= 11 is 1.73. The van der Waals surface area contributed by atoms with Gasteiger partial charge in [-0.25, -0.2) is 0 Å². The molecule has 0 saturated carbocycles. The number of nitrogens with zero attached hydrogens (tertiary/aromatic N) is 1. The molecule has 0 bridgehead atoms. The van der Waals surface area contributed by atoms with E-state index in [0.29, 0.717) is 0 Å². The van der Waals surface area contributed by atoms with Crippen LogP contribution >= 0.6 is 11.3 Å². The van der Waals surface area contributed by atoms with Gasteiger partial charge in [-0.1, -0.05) is 12.8 Å². The summed E-state index contributed by atoms with van der Waals surface area (Å²) in [6.07, 6.45) is 9.61. The Labute approximate surface area is 125 Å². The summed E-state index contributed by atoms with van der Waals surface area (Å²) in [5.41, 5.74) is 7.42. The normalized spacial score (nSPS) is 23.9. The Morgan fingerprint density at radius 2 is 2.00 bits per heavy atom. The van der Waals surface area contributed by atoms with Crippen LogP contribution in [0.2, 0.25) is 0 Å². The number of amides is 1. The van der Waals surface area contributed by atoms with Crippen molar-refractivity contribution in [1.29, 1.82) is 0 Å². The Kier molecular flexibility index (Phi) is 4.41. The summed E-state index contributed by atoms with van der Waals surface area (Å²) in [5, 5.41) is 0. The van der Waals surface area contributed by atoms with Crippen LogP contribution in [0.3, 0.4) is 0 Å². The van der Waals surface area contributed by atoms with Crippen molar-refractivity contribution in [3.8, 4) is 0 Å². The first-order valence-electron chi connectivity index (χ1n) is 7.90. The average molecular weight is 292 g/mol. The van der Waals surface area contributed by atoms with Crippen molar-refractivity contribution >= 4 is 17.2 Å². The van der Waals surface area contributed by atoms with E-state index in [2.05, 4.69) is 6.07 Å². The van der Waals surface area contributed by atoms with Gasteiger partial charge in [-0.2, -0.15) is 0 Å². The fraction of sp³-hybridized carbons (Fsp3) is 0.688. The zero-order chi connectivity index (χ0) is 13.9. The molecule has 1 aromatic heterocycles. The molecule has 2 heterocycles. The van der Waals surface area contributed by atoms with Crippen molar-refractivity contribution in [3.05, 3.63) is 21.4 Å². The zero-order valence-corrected chi connectivity index (χ0v) is 12.9. The third kappa shape index (κ3) is 3.07. The Balaban J connectivity index is 1.76. The highest BCUT2D eigenvalue weighted by molar-refractivity contribution is 7.14. The van der Waals surface area contributed by atoms with Crippen LogP contribution in [0.15, 0.2) is 6.07 Å². The van der Waals surface area contributed by atoms with Gasteiger partial charge in [0.2, 0.25) is 0 Å².